The second kappa shape index (κ2) is 11.6. The van der Waals surface area contributed by atoms with E-state index in [1.165, 1.54) is 0 Å². The van der Waals surface area contributed by atoms with Crippen molar-refractivity contribution in [1.82, 2.24) is 19.9 Å². The maximum Gasteiger partial charge on any atom is 0.138 e. The van der Waals surface area contributed by atoms with Crippen LogP contribution in [-0.4, -0.2) is 33.1 Å². The van der Waals surface area contributed by atoms with Crippen LogP contribution in [0.2, 0.25) is 0 Å². The summed E-state index contributed by atoms with van der Waals surface area (Å²) in [5, 5.41) is 18.2. The Morgan fingerprint density at radius 1 is 0.585 bits per heavy atom. The van der Waals surface area contributed by atoms with Gasteiger partial charge in [0.2, 0.25) is 0 Å². The number of aromatic amines is 2. The molecule has 0 saturated heterocycles. The summed E-state index contributed by atoms with van der Waals surface area (Å²) >= 11 is 0. The van der Waals surface area contributed by atoms with Gasteiger partial charge in [-0.15, -0.1) is 0 Å². The van der Waals surface area contributed by atoms with Crippen LogP contribution in [-0.2, 0) is 0 Å². The van der Waals surface area contributed by atoms with E-state index in [2.05, 4.69) is 32.1 Å². The van der Waals surface area contributed by atoms with Crippen LogP contribution in [0, 0.1) is 22.7 Å². The van der Waals surface area contributed by atoms with E-state index < -0.39 is 0 Å². The first-order valence-corrected chi connectivity index (χ1v) is 13.4. The number of fused-ring (bicyclic) bond motifs is 2. The second-order valence-electron chi connectivity index (χ2n) is 9.67. The van der Waals surface area contributed by atoms with Gasteiger partial charge >= 0.3 is 0 Å². The molecule has 0 aliphatic heterocycles. The van der Waals surface area contributed by atoms with E-state index in [1.54, 1.807) is 24.3 Å². The minimum Gasteiger partial charge on any atom is -0.494 e. The Balaban J connectivity index is 0.966. The highest BCUT2D eigenvalue weighted by Crippen LogP contribution is 2.26. The van der Waals surface area contributed by atoms with Gasteiger partial charge < -0.3 is 19.4 Å². The fourth-order valence-electron chi connectivity index (χ4n) is 4.65. The molecule has 0 saturated carbocycles. The first-order valence-electron chi connectivity index (χ1n) is 13.4. The molecule has 6 aromatic rings. The lowest BCUT2D eigenvalue weighted by molar-refractivity contribution is 0.279. The zero-order valence-electron chi connectivity index (χ0n) is 22.2. The minimum absolute atomic E-state index is 0.589. The summed E-state index contributed by atoms with van der Waals surface area (Å²) in [5.41, 5.74) is 6.36. The summed E-state index contributed by atoms with van der Waals surface area (Å²) in [6.45, 7) is 1.23. The maximum atomic E-state index is 9.12. The predicted octanol–water partition coefficient (Wildman–Crippen LogP) is 7.14. The highest BCUT2D eigenvalue weighted by molar-refractivity contribution is 5.81. The van der Waals surface area contributed by atoms with Crippen molar-refractivity contribution >= 4 is 22.1 Å². The van der Waals surface area contributed by atoms with Crippen molar-refractivity contribution in [3.63, 3.8) is 0 Å². The molecule has 41 heavy (non-hydrogen) atoms. The average molecular weight is 539 g/mol. The van der Waals surface area contributed by atoms with Crippen LogP contribution >= 0.6 is 0 Å². The second-order valence-corrected chi connectivity index (χ2v) is 9.67. The third-order valence-electron chi connectivity index (χ3n) is 6.77. The lowest BCUT2D eigenvalue weighted by Crippen LogP contribution is -2.01. The molecular weight excluding hydrogens is 512 g/mol. The quantitative estimate of drug-likeness (QED) is 0.179. The summed E-state index contributed by atoms with van der Waals surface area (Å²) in [5.74, 6) is 3.08. The standard InChI is InChI=1S/C33H26N6O2/c34-20-22-10-12-28-30(16-22)38-32(36-28)24-6-4-8-26(18-24)40-14-2-1-3-15-41-27-9-5-7-25(19-27)33-37-29-13-11-23(21-35)17-31(29)39-33/h4-13,16-19H,1-3,14-15H2,(H,36,38)(H,37,39). The van der Waals surface area contributed by atoms with Gasteiger partial charge in [-0.25, -0.2) is 9.97 Å². The third kappa shape index (κ3) is 5.88. The van der Waals surface area contributed by atoms with Gasteiger partial charge in [-0.2, -0.15) is 10.5 Å². The SMILES string of the molecule is N#Cc1ccc2[nH]c(-c3cccc(OCCCCCOc4cccc(-c5nc6cc(C#N)ccc6[nH]5)c4)c3)nc2c1. The summed E-state index contributed by atoms with van der Waals surface area (Å²) in [6.07, 6.45) is 2.81. The zero-order valence-corrected chi connectivity index (χ0v) is 22.2. The van der Waals surface area contributed by atoms with Gasteiger partial charge in [0, 0.05) is 11.1 Å². The van der Waals surface area contributed by atoms with Gasteiger partial charge in [-0.05, 0) is 79.9 Å². The molecule has 0 aliphatic carbocycles. The number of hydrogen-bond acceptors (Lipinski definition) is 6. The fourth-order valence-corrected chi connectivity index (χ4v) is 4.65. The molecule has 0 unspecified atom stereocenters. The fraction of sp³-hybridized carbons (Fsp3) is 0.152. The number of nitriles is 2. The van der Waals surface area contributed by atoms with Crippen molar-refractivity contribution in [2.24, 2.45) is 0 Å². The van der Waals surface area contributed by atoms with Crippen LogP contribution in [0.25, 0.3) is 44.8 Å². The monoisotopic (exact) mass is 538 g/mol. The van der Waals surface area contributed by atoms with Crippen LogP contribution in [0.1, 0.15) is 30.4 Å². The Labute approximate surface area is 236 Å². The van der Waals surface area contributed by atoms with E-state index in [-0.39, 0.29) is 0 Å². The van der Waals surface area contributed by atoms with Gasteiger partial charge in [-0.3, -0.25) is 0 Å². The molecule has 0 atom stereocenters. The van der Waals surface area contributed by atoms with Crippen molar-refractivity contribution in [1.29, 1.82) is 10.5 Å². The van der Waals surface area contributed by atoms with E-state index in [1.807, 2.05) is 60.7 Å². The molecule has 0 amide bonds. The van der Waals surface area contributed by atoms with Crippen molar-refractivity contribution in [2.45, 2.75) is 19.3 Å². The number of benzene rings is 4. The molecule has 6 rings (SSSR count). The molecule has 0 aliphatic rings. The van der Waals surface area contributed by atoms with Crippen LogP contribution in [0.4, 0.5) is 0 Å². The number of H-pyrrole nitrogens is 2. The molecule has 0 fully saturated rings. The van der Waals surface area contributed by atoms with Crippen molar-refractivity contribution in [3.8, 4) is 46.4 Å². The Bertz CT molecular complexity index is 1780. The highest BCUT2D eigenvalue weighted by atomic mass is 16.5. The van der Waals surface area contributed by atoms with Crippen molar-refractivity contribution in [2.75, 3.05) is 13.2 Å². The number of unbranched alkanes of at least 4 members (excludes halogenated alkanes) is 2. The molecule has 0 spiro atoms. The largest absolute Gasteiger partial charge is 0.494 e. The summed E-state index contributed by atoms with van der Waals surface area (Å²) in [4.78, 5) is 15.9. The first-order chi connectivity index (χ1) is 20.2. The molecule has 0 bridgehead atoms. The van der Waals surface area contributed by atoms with Crippen LogP contribution in [0.5, 0.6) is 11.5 Å². The zero-order chi connectivity index (χ0) is 28.0. The third-order valence-corrected chi connectivity index (χ3v) is 6.77. The Kier molecular flexibility index (Phi) is 7.29. The molecule has 8 nitrogen and oxygen atoms in total. The molecule has 0 radical (unpaired) electrons. The number of imidazole rings is 2. The predicted molar refractivity (Wildman–Crippen MR) is 157 cm³/mol. The Morgan fingerprint density at radius 2 is 1.07 bits per heavy atom. The maximum absolute atomic E-state index is 9.12. The normalized spacial score (nSPS) is 10.9. The van der Waals surface area contributed by atoms with Crippen LogP contribution in [0.15, 0.2) is 84.9 Å². The number of hydrogen-bond donors (Lipinski definition) is 2. The van der Waals surface area contributed by atoms with E-state index >= 15 is 0 Å². The molecule has 8 heteroatoms. The lowest BCUT2D eigenvalue weighted by Gasteiger charge is -2.09. The summed E-state index contributed by atoms with van der Waals surface area (Å²) in [6, 6.07) is 30.9. The number of ether oxygens (including phenoxy) is 2. The number of nitrogens with zero attached hydrogens (tertiary/aromatic N) is 4. The van der Waals surface area contributed by atoms with Gasteiger partial charge in [0.25, 0.3) is 0 Å². The Morgan fingerprint density at radius 3 is 1.54 bits per heavy atom. The number of rotatable bonds is 10. The molecule has 2 aromatic heterocycles. The Hall–Kier alpha value is -5.60. The van der Waals surface area contributed by atoms with Gasteiger partial charge in [-0.1, -0.05) is 24.3 Å². The molecule has 2 heterocycles. The van der Waals surface area contributed by atoms with Gasteiger partial charge in [0.15, 0.2) is 0 Å². The van der Waals surface area contributed by atoms with E-state index in [9.17, 15) is 0 Å². The smallest absolute Gasteiger partial charge is 0.138 e. The molecule has 4 aromatic carbocycles. The number of aromatic nitrogens is 4. The summed E-state index contributed by atoms with van der Waals surface area (Å²) < 4.78 is 12.0. The van der Waals surface area contributed by atoms with Crippen LogP contribution < -0.4 is 9.47 Å². The van der Waals surface area contributed by atoms with Crippen LogP contribution in [0.3, 0.4) is 0 Å². The van der Waals surface area contributed by atoms with E-state index in [0.29, 0.717) is 24.3 Å². The summed E-state index contributed by atoms with van der Waals surface area (Å²) in [7, 11) is 0. The van der Waals surface area contributed by atoms with Crippen molar-refractivity contribution < 1.29 is 9.47 Å². The first kappa shape index (κ1) is 25.7. The highest BCUT2D eigenvalue weighted by Gasteiger charge is 2.09. The van der Waals surface area contributed by atoms with Crippen molar-refractivity contribution in [3.05, 3.63) is 96.1 Å². The molecule has 200 valence electrons. The van der Waals surface area contributed by atoms with Gasteiger partial charge in [0.1, 0.15) is 23.1 Å². The molecular formula is C33H26N6O2. The van der Waals surface area contributed by atoms with E-state index in [0.717, 1.165) is 75.6 Å². The minimum atomic E-state index is 0.589. The topological polar surface area (TPSA) is 123 Å². The lowest BCUT2D eigenvalue weighted by atomic mass is 10.2. The average Bonchev–Trinajstić information content (AvgIpc) is 3.64. The molecule has 2 N–H and O–H groups in total. The number of nitrogens with one attached hydrogen (secondary N) is 2. The van der Waals surface area contributed by atoms with Gasteiger partial charge in [0.05, 0.1) is 58.5 Å². The van der Waals surface area contributed by atoms with E-state index in [4.69, 9.17) is 20.0 Å².